The van der Waals surface area contributed by atoms with Gasteiger partial charge in [-0.05, 0) is 22.3 Å². The number of benzene rings is 7. The first-order chi connectivity index (χ1) is 36.5. The fourth-order valence-electron chi connectivity index (χ4n) is 11.6. The van der Waals surface area contributed by atoms with E-state index in [9.17, 15) is 45.6 Å². The Hall–Kier alpha value is -6.89. The largest absolute Gasteiger partial charge is 0.390 e. The summed E-state index contributed by atoms with van der Waals surface area (Å²) in [5.41, 5.74) is -21.1. The van der Waals surface area contributed by atoms with Gasteiger partial charge in [0.15, 0.2) is 17.7 Å². The molecule has 0 aromatic heterocycles. The predicted octanol–water partition coefficient (Wildman–Crippen LogP) is 4.85. The van der Waals surface area contributed by atoms with Crippen LogP contribution in [0.1, 0.15) is 53.3 Å². The number of ether oxygens (including phenoxy) is 3. The SMILES string of the molecule is CO[C@H]1O[C@H](C(O)C(=O)c2ccccc2)[C@@](O)([C@@H]2O[C@H](C(O)Cc3ccccc3)[C@@](O)(Cc3ccccc3)[C@@](O)(Cc3ccccc3)[C@]2(O)Cc2ccccc2)[C@@](O)(C(=O)c2ccccc2)[C@]1(O)C(=O)c1ccccc1. The molecule has 14 nitrogen and oxygen atoms in total. The first-order valence-corrected chi connectivity index (χ1v) is 25.0. The summed E-state index contributed by atoms with van der Waals surface area (Å²) in [4.78, 5) is 46.6. The van der Waals surface area contributed by atoms with E-state index in [2.05, 4.69) is 0 Å². The normalized spacial score (nSPS) is 30.2. The van der Waals surface area contributed by atoms with Gasteiger partial charge in [-0.15, -0.1) is 0 Å². The Bertz CT molecular complexity index is 3080. The van der Waals surface area contributed by atoms with Gasteiger partial charge in [0.2, 0.25) is 22.8 Å². The fraction of sp³-hybridized carbons (Fsp3) is 0.274. The van der Waals surface area contributed by atoms with E-state index in [0.29, 0.717) is 11.1 Å². The molecular formula is C62H60O14. The van der Waals surface area contributed by atoms with Gasteiger partial charge in [-0.2, -0.15) is 0 Å². The summed E-state index contributed by atoms with van der Waals surface area (Å²) < 4.78 is 19.1. The minimum absolute atomic E-state index is 0.174. The van der Waals surface area contributed by atoms with Gasteiger partial charge in [0.1, 0.15) is 41.2 Å². The lowest BCUT2D eigenvalue weighted by Gasteiger charge is -2.68. The summed E-state index contributed by atoms with van der Waals surface area (Å²) in [6.45, 7) is 0. The lowest BCUT2D eigenvalue weighted by molar-refractivity contribution is -0.438. The van der Waals surface area contributed by atoms with Crippen molar-refractivity contribution in [1.82, 2.24) is 0 Å². The van der Waals surface area contributed by atoms with Crippen LogP contribution in [-0.2, 0) is 39.9 Å². The number of methoxy groups -OCH3 is 1. The first-order valence-electron chi connectivity index (χ1n) is 25.0. The lowest BCUT2D eigenvalue weighted by atomic mass is 9.50. The zero-order chi connectivity index (χ0) is 53.9. The molecule has 0 amide bonds. The number of rotatable bonds is 18. The number of carbonyl (C=O) groups is 3. The van der Waals surface area contributed by atoms with Crippen LogP contribution in [0.2, 0.25) is 0 Å². The molecule has 2 aliphatic heterocycles. The molecule has 2 fully saturated rings. The maximum Gasteiger partial charge on any atom is 0.218 e. The van der Waals surface area contributed by atoms with Crippen LogP contribution in [0.5, 0.6) is 0 Å². The molecule has 0 saturated carbocycles. The van der Waals surface area contributed by atoms with Crippen molar-refractivity contribution in [3.05, 3.63) is 251 Å². The molecule has 9 rings (SSSR count). The number of hydrogen-bond acceptors (Lipinski definition) is 14. The van der Waals surface area contributed by atoms with Gasteiger partial charge in [0.05, 0.1) is 6.10 Å². The van der Waals surface area contributed by atoms with Gasteiger partial charge in [0.25, 0.3) is 0 Å². The minimum atomic E-state index is -4.21. The topological polar surface area (TPSA) is 241 Å². The smallest absolute Gasteiger partial charge is 0.218 e. The summed E-state index contributed by atoms with van der Waals surface area (Å²) in [6, 6.07) is 53.9. The molecule has 0 radical (unpaired) electrons. The summed E-state index contributed by atoms with van der Waals surface area (Å²) in [5, 5.41) is 112. The molecule has 8 N–H and O–H groups in total. The van der Waals surface area contributed by atoms with Crippen molar-refractivity contribution in [3.8, 4) is 0 Å². The van der Waals surface area contributed by atoms with E-state index in [0.717, 1.165) is 7.11 Å². The highest BCUT2D eigenvalue weighted by Crippen LogP contribution is 2.59. The maximum absolute atomic E-state index is 16.1. The molecule has 392 valence electrons. The zero-order valence-corrected chi connectivity index (χ0v) is 41.5. The van der Waals surface area contributed by atoms with Crippen LogP contribution in [0, 0.1) is 0 Å². The van der Waals surface area contributed by atoms with E-state index < -0.39 is 113 Å². The number of aliphatic hydroxyl groups is 8. The highest BCUT2D eigenvalue weighted by Gasteiger charge is 2.86. The van der Waals surface area contributed by atoms with Gasteiger partial charge in [-0.25, -0.2) is 0 Å². The van der Waals surface area contributed by atoms with Crippen LogP contribution in [0.15, 0.2) is 212 Å². The van der Waals surface area contributed by atoms with E-state index >= 15 is 9.59 Å². The third-order valence-electron chi connectivity index (χ3n) is 15.3. The average molecular weight is 1030 g/mol. The molecule has 7 aromatic carbocycles. The van der Waals surface area contributed by atoms with Crippen LogP contribution in [-0.4, -0.2) is 136 Å². The van der Waals surface area contributed by atoms with Gasteiger partial charge in [0, 0.05) is 49.5 Å². The molecule has 2 saturated heterocycles. The molecule has 0 aliphatic carbocycles. The van der Waals surface area contributed by atoms with E-state index in [4.69, 9.17) is 14.2 Å². The number of hydrogen-bond donors (Lipinski definition) is 8. The lowest BCUT2D eigenvalue weighted by Crippen LogP contribution is -2.94. The second-order valence-electron chi connectivity index (χ2n) is 19.9. The Labute approximate surface area is 439 Å². The van der Waals surface area contributed by atoms with E-state index in [-0.39, 0.29) is 28.7 Å². The van der Waals surface area contributed by atoms with Crippen LogP contribution in [0.4, 0.5) is 0 Å². The second kappa shape index (κ2) is 21.6. The van der Waals surface area contributed by atoms with Crippen LogP contribution >= 0.6 is 0 Å². The standard InChI is InChI=1S/C62H60O14/c1-74-56-60(71,51(66)46-33-19-7-20-34-46)62(73,52(67)47-35-21-8-22-36-47)61(72,54(76-56)50(65)49(64)45-31-17-6-18-32-45)55-58(69,39-43-27-13-4-14-28-43)59(70,40-44-29-15-5-16-30-44)57(68,38-42-25-11-3-12-26-42)53(75-55)48(63)37-41-23-9-2-10-24-41/h2-36,48,50,53-56,63,65,68-73H,37-40H2,1H3/t48?,50?,53-,54-,55-,56+,57+,58+,59+,60+,61-,62-/m1/s1. The number of ketones is 3. The van der Waals surface area contributed by atoms with Crippen molar-refractivity contribution in [2.45, 2.75) is 96.1 Å². The summed E-state index contributed by atoms with van der Waals surface area (Å²) >= 11 is 0. The van der Waals surface area contributed by atoms with E-state index in [1.807, 2.05) is 0 Å². The van der Waals surface area contributed by atoms with Crippen LogP contribution in [0.3, 0.4) is 0 Å². The van der Waals surface area contributed by atoms with Crippen LogP contribution in [0.25, 0.3) is 0 Å². The molecule has 12 atom stereocenters. The van der Waals surface area contributed by atoms with Crippen molar-refractivity contribution in [2.24, 2.45) is 0 Å². The van der Waals surface area contributed by atoms with Crippen molar-refractivity contribution in [2.75, 3.05) is 7.11 Å². The summed E-state index contributed by atoms with van der Waals surface area (Å²) in [7, 11) is 0.954. The quantitative estimate of drug-likeness (QED) is 0.0537. The summed E-state index contributed by atoms with van der Waals surface area (Å²) in [5.74, 6) is -4.28. The fourth-order valence-corrected chi connectivity index (χ4v) is 11.6. The Morgan fingerprint density at radius 2 is 0.855 bits per heavy atom. The molecule has 2 aliphatic rings. The molecule has 14 heteroatoms. The van der Waals surface area contributed by atoms with Crippen LogP contribution < -0.4 is 0 Å². The third kappa shape index (κ3) is 9.04. The van der Waals surface area contributed by atoms with Gasteiger partial charge >= 0.3 is 0 Å². The average Bonchev–Trinajstić information content (AvgIpc) is 3.14. The maximum atomic E-state index is 16.1. The first kappa shape index (κ1) is 53.9. The van der Waals surface area contributed by atoms with Gasteiger partial charge in [-0.1, -0.05) is 212 Å². The molecule has 76 heavy (non-hydrogen) atoms. The second-order valence-corrected chi connectivity index (χ2v) is 19.9. The predicted molar refractivity (Wildman–Crippen MR) is 279 cm³/mol. The Morgan fingerprint density at radius 3 is 1.30 bits per heavy atom. The highest BCUT2D eigenvalue weighted by molar-refractivity contribution is 6.13. The van der Waals surface area contributed by atoms with E-state index in [1.54, 1.807) is 133 Å². The number of carbonyl (C=O) groups excluding carboxylic acids is 3. The van der Waals surface area contributed by atoms with Crippen molar-refractivity contribution >= 4 is 17.3 Å². The Balaban J connectivity index is 1.43. The van der Waals surface area contributed by atoms with Crippen molar-refractivity contribution < 1.29 is 69.4 Å². The highest BCUT2D eigenvalue weighted by atomic mass is 16.7. The van der Waals surface area contributed by atoms with E-state index in [1.165, 1.54) is 78.9 Å². The zero-order valence-electron chi connectivity index (χ0n) is 41.5. The number of aliphatic hydroxyl groups excluding tert-OH is 2. The molecular weight excluding hydrogens is 969 g/mol. The molecule has 0 spiro atoms. The van der Waals surface area contributed by atoms with Gasteiger partial charge < -0.3 is 55.1 Å². The Morgan fingerprint density at radius 1 is 0.474 bits per heavy atom. The molecule has 2 unspecified atom stereocenters. The minimum Gasteiger partial charge on any atom is -0.390 e. The third-order valence-corrected chi connectivity index (χ3v) is 15.3. The molecule has 0 bridgehead atoms. The van der Waals surface area contributed by atoms with Crippen molar-refractivity contribution in [1.29, 1.82) is 0 Å². The number of Topliss-reactive ketones (excluding diaryl/α,β-unsaturated/α-hetero) is 3. The summed E-state index contributed by atoms with van der Waals surface area (Å²) in [6.07, 6.45) is -17.5. The van der Waals surface area contributed by atoms with Gasteiger partial charge in [-0.3, -0.25) is 14.4 Å². The molecule has 7 aromatic rings. The molecule has 2 heterocycles. The van der Waals surface area contributed by atoms with Crippen molar-refractivity contribution in [3.63, 3.8) is 0 Å². The monoisotopic (exact) mass is 1030 g/mol. The Kier molecular flexibility index (Phi) is 15.3.